The average molecular weight is 214 g/mol. The van der Waals surface area contributed by atoms with E-state index in [1.165, 1.54) is 0 Å². The van der Waals surface area contributed by atoms with Crippen LogP contribution >= 0.6 is 0 Å². The highest BCUT2D eigenvalue weighted by Gasteiger charge is 1.51. The Bertz CT molecular complexity index is 52.1. The number of nitrogens with two attached hydrogens (primary N) is 2. The van der Waals surface area contributed by atoms with Crippen molar-refractivity contribution in [1.29, 1.82) is 0 Å². The largest absolute Gasteiger partial charge is 0.324 e. The predicted octanol–water partition coefficient (Wildman–Crippen LogP) is 2.10. The Hall–Kier alpha value is -0.740. The zero-order chi connectivity index (χ0) is 6.83. The standard InChI is InChI=1S/2C2H5NO.6CH4/c2*3-1-2-4;;;;;;/h2*2H,1,3H2;6*1H4. The SMILES string of the molecule is C.C.C.C.C.C.NCC=O.NCC=O. The van der Waals surface area contributed by atoms with Gasteiger partial charge in [-0.2, -0.15) is 0 Å². The van der Waals surface area contributed by atoms with Crippen molar-refractivity contribution in [1.82, 2.24) is 0 Å². The summed E-state index contributed by atoms with van der Waals surface area (Å²) in [6.07, 6.45) is 1.31. The summed E-state index contributed by atoms with van der Waals surface area (Å²) >= 11 is 0. The van der Waals surface area contributed by atoms with Gasteiger partial charge in [0.2, 0.25) is 0 Å². The van der Waals surface area contributed by atoms with Crippen LogP contribution in [0.1, 0.15) is 44.6 Å². The van der Waals surface area contributed by atoms with Crippen LogP contribution in [0.25, 0.3) is 0 Å². The van der Waals surface area contributed by atoms with Gasteiger partial charge in [-0.3, -0.25) is 0 Å². The third kappa shape index (κ3) is 747. The van der Waals surface area contributed by atoms with Gasteiger partial charge in [0.05, 0.1) is 0 Å². The molecule has 0 heterocycles. The van der Waals surface area contributed by atoms with Gasteiger partial charge in [0, 0.05) is 13.1 Å². The first-order valence-electron chi connectivity index (χ1n) is 2.10. The van der Waals surface area contributed by atoms with Crippen LogP contribution in [0.4, 0.5) is 0 Å². The van der Waals surface area contributed by atoms with E-state index in [-0.39, 0.29) is 57.6 Å². The van der Waals surface area contributed by atoms with Crippen LogP contribution in [0, 0.1) is 0 Å². The lowest BCUT2D eigenvalue weighted by molar-refractivity contribution is -0.107. The molecule has 14 heavy (non-hydrogen) atoms. The average Bonchev–Trinajstić information content (AvgIpc) is 1.88. The highest BCUT2D eigenvalue weighted by Crippen LogP contribution is 1.18. The zero-order valence-electron chi connectivity index (χ0n) is 4.54. The molecule has 0 spiro atoms. The topological polar surface area (TPSA) is 86.2 Å². The fourth-order valence-corrected chi connectivity index (χ4v) is 0. The molecule has 4 nitrogen and oxygen atoms in total. The Morgan fingerprint density at radius 3 is 0.714 bits per heavy atom. The molecule has 96 valence electrons. The summed E-state index contributed by atoms with van der Waals surface area (Å²) in [6.45, 7) is 0.278. The van der Waals surface area contributed by atoms with E-state index in [9.17, 15) is 0 Å². The number of hydrogen-bond donors (Lipinski definition) is 2. The maximum Gasteiger partial charge on any atom is 0.133 e. The van der Waals surface area contributed by atoms with Crippen molar-refractivity contribution in [3.63, 3.8) is 0 Å². The maximum atomic E-state index is 9.05. The summed E-state index contributed by atoms with van der Waals surface area (Å²) in [6, 6.07) is 0. The molecule has 0 aromatic carbocycles. The van der Waals surface area contributed by atoms with Crippen molar-refractivity contribution < 1.29 is 9.59 Å². The second-order valence-electron chi connectivity index (χ2n) is 0.805. The van der Waals surface area contributed by atoms with Gasteiger partial charge in [0.25, 0.3) is 0 Å². The number of aldehydes is 2. The smallest absolute Gasteiger partial charge is 0.133 e. The van der Waals surface area contributed by atoms with Gasteiger partial charge >= 0.3 is 0 Å². The van der Waals surface area contributed by atoms with Gasteiger partial charge in [0.1, 0.15) is 12.6 Å². The van der Waals surface area contributed by atoms with Gasteiger partial charge in [-0.25, -0.2) is 0 Å². The third-order valence-corrected chi connectivity index (χ3v) is 0.192. The van der Waals surface area contributed by atoms with Crippen molar-refractivity contribution in [2.24, 2.45) is 11.5 Å². The Balaban J connectivity index is -0.00000000600. The molecular weight excluding hydrogens is 180 g/mol. The quantitative estimate of drug-likeness (QED) is 0.689. The molecule has 0 atom stereocenters. The first-order valence-corrected chi connectivity index (χ1v) is 2.10. The molecule has 4 heteroatoms. The summed E-state index contributed by atoms with van der Waals surface area (Å²) in [5, 5.41) is 0. The fraction of sp³-hybridized carbons (Fsp3) is 0.800. The molecule has 0 saturated carbocycles. The summed E-state index contributed by atoms with van der Waals surface area (Å²) < 4.78 is 0. The van der Waals surface area contributed by atoms with Gasteiger partial charge in [-0.15, -0.1) is 0 Å². The fourth-order valence-electron chi connectivity index (χ4n) is 0. The molecule has 0 aromatic rings. The van der Waals surface area contributed by atoms with Gasteiger partial charge in [-0.05, 0) is 0 Å². The third-order valence-electron chi connectivity index (χ3n) is 0.192. The van der Waals surface area contributed by atoms with Crippen LogP contribution in [0.15, 0.2) is 0 Å². The molecule has 0 bridgehead atoms. The van der Waals surface area contributed by atoms with E-state index >= 15 is 0 Å². The normalized spacial score (nSPS) is 3.57. The van der Waals surface area contributed by atoms with Crippen LogP contribution < -0.4 is 11.5 Å². The molecule has 0 fully saturated rings. The number of carbonyl (C=O) groups excluding carboxylic acids is 2. The van der Waals surface area contributed by atoms with E-state index in [0.717, 1.165) is 0 Å². The summed E-state index contributed by atoms with van der Waals surface area (Å²) in [5.74, 6) is 0. The minimum atomic E-state index is 0. The van der Waals surface area contributed by atoms with E-state index in [1.54, 1.807) is 0 Å². The molecule has 0 rings (SSSR count). The Labute approximate surface area is 92.1 Å². The Morgan fingerprint density at radius 2 is 0.714 bits per heavy atom. The second-order valence-corrected chi connectivity index (χ2v) is 0.805. The molecule has 0 aliphatic rings. The predicted molar refractivity (Wildman–Crippen MR) is 70.6 cm³/mol. The highest BCUT2D eigenvalue weighted by atomic mass is 16.1. The maximum absolute atomic E-state index is 9.05. The van der Waals surface area contributed by atoms with Crippen molar-refractivity contribution in [2.45, 2.75) is 44.6 Å². The summed E-state index contributed by atoms with van der Waals surface area (Å²) in [7, 11) is 0. The lowest BCUT2D eigenvalue weighted by Gasteiger charge is -1.55. The van der Waals surface area contributed by atoms with Crippen LogP contribution in [0.3, 0.4) is 0 Å². The summed E-state index contributed by atoms with van der Waals surface area (Å²) in [5.41, 5.74) is 9.32. The first kappa shape index (κ1) is 72.0. The van der Waals surface area contributed by atoms with Gasteiger partial charge < -0.3 is 21.1 Å². The van der Waals surface area contributed by atoms with Crippen molar-refractivity contribution in [2.75, 3.05) is 13.1 Å². The molecule has 0 aliphatic carbocycles. The van der Waals surface area contributed by atoms with Gasteiger partial charge in [0.15, 0.2) is 0 Å². The summed E-state index contributed by atoms with van der Waals surface area (Å²) in [4.78, 5) is 18.1. The van der Waals surface area contributed by atoms with E-state index < -0.39 is 0 Å². The van der Waals surface area contributed by atoms with E-state index in [0.29, 0.717) is 12.6 Å². The molecule has 0 unspecified atom stereocenters. The number of hydrogen-bond acceptors (Lipinski definition) is 4. The van der Waals surface area contributed by atoms with Crippen molar-refractivity contribution in [3.05, 3.63) is 0 Å². The van der Waals surface area contributed by atoms with Crippen molar-refractivity contribution >= 4 is 12.6 Å². The first-order chi connectivity index (χ1) is 3.83. The monoisotopic (exact) mass is 214 g/mol. The van der Waals surface area contributed by atoms with E-state index in [1.807, 2.05) is 0 Å². The zero-order valence-corrected chi connectivity index (χ0v) is 4.54. The molecule has 0 aliphatic heterocycles. The molecule has 0 radical (unpaired) electrons. The second kappa shape index (κ2) is 146. The Kier molecular flexibility index (Phi) is 753. The van der Waals surface area contributed by atoms with E-state index in [4.69, 9.17) is 9.59 Å². The lowest BCUT2D eigenvalue weighted by atomic mass is 10.8. The van der Waals surface area contributed by atoms with E-state index in [2.05, 4.69) is 11.5 Å². The molecule has 0 amide bonds. The van der Waals surface area contributed by atoms with Crippen molar-refractivity contribution in [3.8, 4) is 0 Å². The number of rotatable bonds is 2. The number of carbonyl (C=O) groups is 2. The highest BCUT2D eigenvalue weighted by molar-refractivity contribution is 5.51. The van der Waals surface area contributed by atoms with Crippen LogP contribution in [-0.4, -0.2) is 25.7 Å². The van der Waals surface area contributed by atoms with Crippen LogP contribution in [0.2, 0.25) is 0 Å². The minimum absolute atomic E-state index is 0. The van der Waals surface area contributed by atoms with Crippen LogP contribution in [0.5, 0.6) is 0 Å². The Morgan fingerprint density at radius 1 is 0.643 bits per heavy atom. The van der Waals surface area contributed by atoms with Gasteiger partial charge in [-0.1, -0.05) is 44.6 Å². The lowest BCUT2D eigenvalue weighted by Crippen LogP contribution is -1.97. The minimum Gasteiger partial charge on any atom is -0.324 e. The molecule has 4 N–H and O–H groups in total. The molecular formula is C10H34N2O2. The molecule has 0 saturated heterocycles. The molecule has 0 aromatic heterocycles. The van der Waals surface area contributed by atoms with Crippen LogP contribution in [-0.2, 0) is 9.59 Å².